The van der Waals surface area contributed by atoms with E-state index in [4.69, 9.17) is 11.6 Å². The average Bonchev–Trinajstić information content (AvgIpc) is 2.92. The highest BCUT2D eigenvalue weighted by Crippen LogP contribution is 2.31. The van der Waals surface area contributed by atoms with Gasteiger partial charge in [0, 0.05) is 23.5 Å². The van der Waals surface area contributed by atoms with Crippen LogP contribution in [0.15, 0.2) is 30.3 Å². The molecule has 0 radical (unpaired) electrons. The SMILES string of the molecule is COC(=O)c1ccc(C(=O)N2CCc3sc(Cl)cc3C2)cc1. The van der Waals surface area contributed by atoms with Gasteiger partial charge in [0.15, 0.2) is 0 Å². The molecule has 0 spiro atoms. The molecular weight excluding hydrogens is 322 g/mol. The summed E-state index contributed by atoms with van der Waals surface area (Å²) in [5, 5.41) is 0. The lowest BCUT2D eigenvalue weighted by Gasteiger charge is -2.27. The molecule has 2 heterocycles. The summed E-state index contributed by atoms with van der Waals surface area (Å²) in [6.45, 7) is 1.26. The van der Waals surface area contributed by atoms with Crippen molar-refractivity contribution in [2.75, 3.05) is 13.7 Å². The van der Waals surface area contributed by atoms with E-state index in [2.05, 4.69) is 4.74 Å². The number of carbonyl (C=O) groups excluding carboxylic acids is 2. The monoisotopic (exact) mass is 335 g/mol. The molecule has 22 heavy (non-hydrogen) atoms. The number of ether oxygens (including phenoxy) is 1. The number of thiophene rings is 1. The molecule has 0 N–H and O–H groups in total. The van der Waals surface area contributed by atoms with E-state index in [0.29, 0.717) is 24.2 Å². The van der Waals surface area contributed by atoms with Crippen molar-refractivity contribution in [3.8, 4) is 0 Å². The van der Waals surface area contributed by atoms with E-state index in [1.54, 1.807) is 40.5 Å². The maximum atomic E-state index is 12.5. The molecule has 3 rings (SSSR count). The first-order chi connectivity index (χ1) is 10.6. The Hall–Kier alpha value is -1.85. The molecule has 4 nitrogen and oxygen atoms in total. The molecule has 1 aliphatic rings. The topological polar surface area (TPSA) is 46.6 Å². The van der Waals surface area contributed by atoms with E-state index in [1.807, 2.05) is 6.07 Å². The van der Waals surface area contributed by atoms with Crippen LogP contribution in [0.25, 0.3) is 0 Å². The smallest absolute Gasteiger partial charge is 0.337 e. The zero-order chi connectivity index (χ0) is 15.7. The van der Waals surface area contributed by atoms with Gasteiger partial charge in [-0.2, -0.15) is 0 Å². The van der Waals surface area contributed by atoms with E-state index < -0.39 is 5.97 Å². The number of halogens is 1. The van der Waals surface area contributed by atoms with Crippen LogP contribution in [0.1, 0.15) is 31.2 Å². The Morgan fingerprint density at radius 2 is 1.91 bits per heavy atom. The number of rotatable bonds is 2. The fourth-order valence-corrected chi connectivity index (χ4v) is 3.82. The highest BCUT2D eigenvalue weighted by atomic mass is 35.5. The van der Waals surface area contributed by atoms with Crippen molar-refractivity contribution in [3.05, 3.63) is 56.2 Å². The summed E-state index contributed by atoms with van der Waals surface area (Å²) in [5.74, 6) is -0.445. The molecule has 0 bridgehead atoms. The van der Waals surface area contributed by atoms with E-state index in [9.17, 15) is 9.59 Å². The van der Waals surface area contributed by atoms with Crippen molar-refractivity contribution >= 4 is 34.8 Å². The Bertz CT molecular complexity index is 723. The van der Waals surface area contributed by atoms with Gasteiger partial charge in [0.2, 0.25) is 0 Å². The van der Waals surface area contributed by atoms with Crippen molar-refractivity contribution in [2.45, 2.75) is 13.0 Å². The molecule has 0 saturated heterocycles. The van der Waals surface area contributed by atoms with Crippen LogP contribution in [0.4, 0.5) is 0 Å². The maximum absolute atomic E-state index is 12.5. The first-order valence-electron chi connectivity index (χ1n) is 6.83. The second kappa shape index (κ2) is 6.10. The summed E-state index contributed by atoms with van der Waals surface area (Å²) in [6, 6.07) is 8.46. The molecule has 1 aromatic carbocycles. The summed E-state index contributed by atoms with van der Waals surface area (Å²) in [7, 11) is 1.33. The normalized spacial score (nSPS) is 13.6. The fraction of sp³-hybridized carbons (Fsp3) is 0.250. The number of nitrogens with zero attached hydrogens (tertiary/aromatic N) is 1. The van der Waals surface area contributed by atoms with E-state index in [-0.39, 0.29) is 5.91 Å². The van der Waals surface area contributed by atoms with Gasteiger partial charge in [-0.15, -0.1) is 11.3 Å². The van der Waals surface area contributed by atoms with Gasteiger partial charge in [0.25, 0.3) is 5.91 Å². The van der Waals surface area contributed by atoms with Gasteiger partial charge < -0.3 is 9.64 Å². The number of methoxy groups -OCH3 is 1. The molecule has 0 saturated carbocycles. The minimum Gasteiger partial charge on any atom is -0.465 e. The van der Waals surface area contributed by atoms with E-state index in [1.165, 1.54) is 12.0 Å². The highest BCUT2D eigenvalue weighted by Gasteiger charge is 2.23. The molecule has 114 valence electrons. The van der Waals surface area contributed by atoms with Gasteiger partial charge in [0.1, 0.15) is 0 Å². The Balaban J connectivity index is 1.76. The first-order valence-corrected chi connectivity index (χ1v) is 8.02. The minimum atomic E-state index is -0.408. The minimum absolute atomic E-state index is 0.0376. The second-order valence-corrected chi connectivity index (χ2v) is 6.81. The lowest BCUT2D eigenvalue weighted by molar-refractivity contribution is 0.0599. The van der Waals surface area contributed by atoms with Crippen molar-refractivity contribution in [3.63, 3.8) is 0 Å². The van der Waals surface area contributed by atoms with Gasteiger partial charge >= 0.3 is 5.97 Å². The number of esters is 1. The number of hydrogen-bond donors (Lipinski definition) is 0. The predicted octanol–water partition coefficient (Wildman–Crippen LogP) is 3.39. The molecule has 2 aromatic rings. The van der Waals surface area contributed by atoms with Crippen LogP contribution < -0.4 is 0 Å². The second-order valence-electron chi connectivity index (χ2n) is 5.04. The third kappa shape index (κ3) is 2.87. The van der Waals surface area contributed by atoms with Crippen LogP contribution in [0, 0.1) is 0 Å². The van der Waals surface area contributed by atoms with Crippen LogP contribution in [-0.4, -0.2) is 30.4 Å². The number of carbonyl (C=O) groups is 2. The van der Waals surface area contributed by atoms with Crippen molar-refractivity contribution < 1.29 is 14.3 Å². The average molecular weight is 336 g/mol. The summed E-state index contributed by atoms with van der Waals surface area (Å²) in [6.07, 6.45) is 0.832. The van der Waals surface area contributed by atoms with Crippen LogP contribution in [-0.2, 0) is 17.7 Å². The maximum Gasteiger partial charge on any atom is 0.337 e. The lowest BCUT2D eigenvalue weighted by Crippen LogP contribution is -2.35. The molecule has 0 fully saturated rings. The van der Waals surface area contributed by atoms with Gasteiger partial charge in [-0.25, -0.2) is 4.79 Å². The Labute approximate surface area is 137 Å². The molecule has 1 aliphatic heterocycles. The lowest BCUT2D eigenvalue weighted by atomic mass is 10.1. The summed E-state index contributed by atoms with van der Waals surface area (Å²) < 4.78 is 5.41. The summed E-state index contributed by atoms with van der Waals surface area (Å²) >= 11 is 7.61. The van der Waals surface area contributed by atoms with Crippen LogP contribution in [0.3, 0.4) is 0 Å². The predicted molar refractivity (Wildman–Crippen MR) is 85.6 cm³/mol. The third-order valence-electron chi connectivity index (χ3n) is 3.68. The van der Waals surface area contributed by atoms with Crippen molar-refractivity contribution in [1.82, 2.24) is 4.90 Å². The van der Waals surface area contributed by atoms with Gasteiger partial charge in [-0.1, -0.05) is 11.6 Å². The molecule has 6 heteroatoms. The molecule has 1 aromatic heterocycles. The first kappa shape index (κ1) is 15.1. The zero-order valence-corrected chi connectivity index (χ0v) is 13.5. The molecule has 1 amide bonds. The van der Waals surface area contributed by atoms with Crippen LogP contribution in [0.2, 0.25) is 4.34 Å². The highest BCUT2D eigenvalue weighted by molar-refractivity contribution is 7.16. The number of fused-ring (bicyclic) bond motifs is 1. The Kier molecular flexibility index (Phi) is 4.18. The largest absolute Gasteiger partial charge is 0.465 e. The molecule has 0 atom stereocenters. The quantitative estimate of drug-likeness (QED) is 0.790. The number of benzene rings is 1. The zero-order valence-electron chi connectivity index (χ0n) is 12.0. The molecular formula is C16H14ClNO3S. The standard InChI is InChI=1S/C16H14ClNO3S/c1-21-16(20)11-4-2-10(3-5-11)15(19)18-7-6-13-12(9-18)8-14(17)22-13/h2-5,8H,6-7,9H2,1H3. The van der Waals surface area contributed by atoms with Gasteiger partial charge in [0.05, 0.1) is 17.0 Å². The Morgan fingerprint density at radius 3 is 2.59 bits per heavy atom. The van der Waals surface area contributed by atoms with Crippen molar-refractivity contribution in [1.29, 1.82) is 0 Å². The summed E-state index contributed by atoms with van der Waals surface area (Å²) in [5.41, 5.74) is 2.13. The number of amides is 1. The summed E-state index contributed by atoms with van der Waals surface area (Å²) in [4.78, 5) is 27.0. The molecule has 0 aliphatic carbocycles. The van der Waals surface area contributed by atoms with Crippen LogP contribution in [0.5, 0.6) is 0 Å². The van der Waals surface area contributed by atoms with Gasteiger partial charge in [-0.3, -0.25) is 4.79 Å². The van der Waals surface area contributed by atoms with Crippen LogP contribution >= 0.6 is 22.9 Å². The molecule has 0 unspecified atom stereocenters. The van der Waals surface area contributed by atoms with Crippen molar-refractivity contribution in [2.24, 2.45) is 0 Å². The van der Waals surface area contributed by atoms with Gasteiger partial charge in [-0.05, 0) is 42.3 Å². The van der Waals surface area contributed by atoms with E-state index in [0.717, 1.165) is 16.3 Å². The number of hydrogen-bond acceptors (Lipinski definition) is 4. The fourth-order valence-electron chi connectivity index (χ4n) is 2.52. The third-order valence-corrected chi connectivity index (χ3v) is 5.04. The van der Waals surface area contributed by atoms with E-state index >= 15 is 0 Å². The Morgan fingerprint density at radius 1 is 1.23 bits per heavy atom.